The van der Waals surface area contributed by atoms with Crippen molar-refractivity contribution in [3.8, 4) is 0 Å². The van der Waals surface area contributed by atoms with E-state index >= 15 is 0 Å². The molecule has 0 radical (unpaired) electrons. The number of carboxylic acids is 1. The molecule has 0 bridgehead atoms. The lowest BCUT2D eigenvalue weighted by Crippen LogP contribution is -2.14. The highest BCUT2D eigenvalue weighted by Gasteiger charge is 2.12. The van der Waals surface area contributed by atoms with E-state index in [0.29, 0.717) is 9.47 Å². The first-order valence-corrected chi connectivity index (χ1v) is 10.6. The van der Waals surface area contributed by atoms with Crippen molar-refractivity contribution in [1.82, 2.24) is 10.2 Å². The van der Waals surface area contributed by atoms with E-state index < -0.39 is 5.97 Å². The molecule has 0 aliphatic carbocycles. The van der Waals surface area contributed by atoms with Crippen LogP contribution in [0.2, 0.25) is 5.02 Å². The number of nitrogens with zero attached hydrogens (tertiary/aromatic N) is 2. The van der Waals surface area contributed by atoms with E-state index in [1.54, 1.807) is 0 Å². The predicted octanol–water partition coefficient (Wildman–Crippen LogP) is 4.98. The molecule has 3 rings (SSSR count). The van der Waals surface area contributed by atoms with Crippen LogP contribution in [0, 0.1) is 13.8 Å². The van der Waals surface area contributed by atoms with E-state index in [9.17, 15) is 9.59 Å². The molecule has 0 fully saturated rings. The maximum absolute atomic E-state index is 12.2. The highest BCUT2D eigenvalue weighted by atomic mass is 35.5. The van der Waals surface area contributed by atoms with Gasteiger partial charge in [0.25, 0.3) is 0 Å². The molecule has 10 heteroatoms. The first-order chi connectivity index (χ1) is 13.8. The molecule has 0 aliphatic heterocycles. The number of hydrogen-bond donors (Lipinski definition) is 3. The van der Waals surface area contributed by atoms with Gasteiger partial charge in [-0.15, -0.1) is 10.2 Å². The molecule has 150 valence electrons. The van der Waals surface area contributed by atoms with E-state index in [2.05, 4.69) is 26.9 Å². The molecule has 7 nitrogen and oxygen atoms in total. The molecule has 1 amide bonds. The fourth-order valence-electron chi connectivity index (χ4n) is 2.46. The smallest absolute Gasteiger partial charge is 0.335 e. The van der Waals surface area contributed by atoms with Crippen molar-refractivity contribution in [3.63, 3.8) is 0 Å². The number of carbonyl (C=O) groups is 2. The number of carbonyl (C=O) groups excluding carboxylic acids is 1. The summed E-state index contributed by atoms with van der Waals surface area (Å²) in [5.74, 6) is -1.32. The van der Waals surface area contributed by atoms with Gasteiger partial charge in [-0.1, -0.05) is 52.4 Å². The molecule has 3 aromatic rings. The lowest BCUT2D eigenvalue weighted by Gasteiger charge is -2.07. The summed E-state index contributed by atoms with van der Waals surface area (Å²) < 4.78 is 0.637. The minimum absolute atomic E-state index is 0.0450. The number of benzene rings is 2. The van der Waals surface area contributed by atoms with Gasteiger partial charge in [-0.05, 0) is 43.7 Å². The predicted molar refractivity (Wildman–Crippen MR) is 117 cm³/mol. The normalized spacial score (nSPS) is 10.6. The van der Waals surface area contributed by atoms with Crippen LogP contribution in [-0.2, 0) is 4.79 Å². The zero-order valence-electron chi connectivity index (χ0n) is 15.5. The molecule has 0 unspecified atom stereocenters. The molecular formula is C19H17ClN4O3S2. The average Bonchev–Trinajstić information content (AvgIpc) is 3.11. The topological polar surface area (TPSA) is 104 Å². The SMILES string of the molecule is Cc1ccc(Nc2nnc(SCC(=O)Nc3cc(C(=O)O)ccc3Cl)s2)c(C)c1. The standard InChI is InChI=1S/C19H17ClN4O3S2/c1-10-3-6-14(11(2)7-10)22-18-23-24-19(29-18)28-9-16(25)21-15-8-12(17(26)27)4-5-13(15)20/h3-8H,9H2,1-2H3,(H,21,25)(H,22,23)(H,26,27). The van der Waals surface area contributed by atoms with Crippen LogP contribution >= 0.6 is 34.7 Å². The molecule has 0 saturated carbocycles. The number of nitrogens with one attached hydrogen (secondary N) is 2. The van der Waals surface area contributed by atoms with Crippen molar-refractivity contribution in [1.29, 1.82) is 0 Å². The summed E-state index contributed by atoms with van der Waals surface area (Å²) in [4.78, 5) is 23.2. The summed E-state index contributed by atoms with van der Waals surface area (Å²) in [7, 11) is 0. The molecule has 0 saturated heterocycles. The van der Waals surface area contributed by atoms with Crippen molar-refractivity contribution >= 4 is 63.1 Å². The number of aromatic nitrogens is 2. The Hall–Kier alpha value is -2.62. The summed E-state index contributed by atoms with van der Waals surface area (Å²) in [5.41, 5.74) is 3.54. The Labute approximate surface area is 180 Å². The average molecular weight is 449 g/mol. The molecule has 0 spiro atoms. The highest BCUT2D eigenvalue weighted by molar-refractivity contribution is 8.01. The Balaban J connectivity index is 1.57. The summed E-state index contributed by atoms with van der Waals surface area (Å²) in [6, 6.07) is 10.2. The summed E-state index contributed by atoms with van der Waals surface area (Å²) in [6.07, 6.45) is 0. The third-order valence-electron chi connectivity index (χ3n) is 3.84. The second kappa shape index (κ2) is 9.25. The first kappa shape index (κ1) is 21.1. The third kappa shape index (κ3) is 5.69. The number of amides is 1. The molecule has 29 heavy (non-hydrogen) atoms. The minimum Gasteiger partial charge on any atom is -0.478 e. The van der Waals surface area contributed by atoms with Crippen LogP contribution in [0.3, 0.4) is 0 Å². The van der Waals surface area contributed by atoms with E-state index in [-0.39, 0.29) is 27.9 Å². The van der Waals surface area contributed by atoms with Gasteiger partial charge in [0, 0.05) is 5.69 Å². The van der Waals surface area contributed by atoms with Crippen LogP contribution in [-0.4, -0.2) is 32.9 Å². The van der Waals surface area contributed by atoms with Crippen LogP contribution in [0.15, 0.2) is 40.7 Å². The molecule has 2 aromatic carbocycles. The molecule has 3 N–H and O–H groups in total. The number of rotatable bonds is 7. The Kier molecular flexibility index (Phi) is 6.73. The van der Waals surface area contributed by atoms with Gasteiger partial charge in [0.15, 0.2) is 4.34 Å². The summed E-state index contributed by atoms with van der Waals surface area (Å²) >= 11 is 8.60. The van der Waals surface area contributed by atoms with Crippen LogP contribution in [0.5, 0.6) is 0 Å². The number of thioether (sulfide) groups is 1. The third-order valence-corrected chi connectivity index (χ3v) is 6.15. The number of anilines is 3. The molecular weight excluding hydrogens is 432 g/mol. The van der Waals surface area contributed by atoms with Crippen molar-refractivity contribution in [3.05, 3.63) is 58.1 Å². The van der Waals surface area contributed by atoms with Crippen molar-refractivity contribution in [2.45, 2.75) is 18.2 Å². The number of halogens is 1. The minimum atomic E-state index is -1.09. The number of aryl methyl sites for hydroxylation is 2. The fraction of sp³-hybridized carbons (Fsp3) is 0.158. The zero-order chi connectivity index (χ0) is 21.0. The Morgan fingerprint density at radius 3 is 2.66 bits per heavy atom. The van der Waals surface area contributed by atoms with Gasteiger partial charge in [-0.2, -0.15) is 0 Å². The fourth-order valence-corrected chi connectivity index (χ4v) is 4.18. The molecule has 1 heterocycles. The lowest BCUT2D eigenvalue weighted by atomic mass is 10.1. The summed E-state index contributed by atoms with van der Waals surface area (Å²) in [6.45, 7) is 4.05. The Morgan fingerprint density at radius 1 is 1.14 bits per heavy atom. The number of aromatic carboxylic acids is 1. The van der Waals surface area contributed by atoms with Gasteiger partial charge in [0.05, 0.1) is 22.0 Å². The second-order valence-electron chi connectivity index (χ2n) is 6.15. The summed E-state index contributed by atoms with van der Waals surface area (Å²) in [5, 5.41) is 24.0. The van der Waals surface area contributed by atoms with E-state index in [4.69, 9.17) is 16.7 Å². The quantitative estimate of drug-likeness (QED) is 0.438. The largest absolute Gasteiger partial charge is 0.478 e. The van der Waals surface area contributed by atoms with Crippen LogP contribution in [0.25, 0.3) is 0 Å². The Bertz CT molecular complexity index is 1070. The van der Waals surface area contributed by atoms with Gasteiger partial charge in [-0.25, -0.2) is 4.79 Å². The maximum Gasteiger partial charge on any atom is 0.335 e. The van der Waals surface area contributed by atoms with E-state index in [0.717, 1.165) is 11.3 Å². The van der Waals surface area contributed by atoms with Crippen molar-refractivity contribution < 1.29 is 14.7 Å². The van der Waals surface area contributed by atoms with E-state index in [1.807, 2.05) is 26.0 Å². The van der Waals surface area contributed by atoms with Crippen LogP contribution < -0.4 is 10.6 Å². The first-order valence-electron chi connectivity index (χ1n) is 8.45. The van der Waals surface area contributed by atoms with Gasteiger partial charge in [-0.3, -0.25) is 4.79 Å². The maximum atomic E-state index is 12.2. The van der Waals surface area contributed by atoms with Gasteiger partial charge in [0.1, 0.15) is 0 Å². The second-order valence-corrected chi connectivity index (χ2v) is 8.76. The van der Waals surface area contributed by atoms with Crippen LogP contribution in [0.1, 0.15) is 21.5 Å². The number of carboxylic acid groups (broad SMARTS) is 1. The monoisotopic (exact) mass is 448 g/mol. The zero-order valence-corrected chi connectivity index (χ0v) is 17.9. The van der Waals surface area contributed by atoms with Gasteiger partial charge in [0.2, 0.25) is 11.0 Å². The number of hydrogen-bond acceptors (Lipinski definition) is 7. The van der Waals surface area contributed by atoms with Crippen LogP contribution in [0.4, 0.5) is 16.5 Å². The van der Waals surface area contributed by atoms with Gasteiger partial charge < -0.3 is 15.7 Å². The van der Waals surface area contributed by atoms with Crippen molar-refractivity contribution in [2.24, 2.45) is 0 Å². The van der Waals surface area contributed by atoms with Crippen molar-refractivity contribution in [2.75, 3.05) is 16.4 Å². The molecule has 0 aliphatic rings. The highest BCUT2D eigenvalue weighted by Crippen LogP contribution is 2.29. The lowest BCUT2D eigenvalue weighted by molar-refractivity contribution is -0.113. The van der Waals surface area contributed by atoms with E-state index in [1.165, 1.54) is 46.9 Å². The molecule has 1 aromatic heterocycles. The Morgan fingerprint density at radius 2 is 1.93 bits per heavy atom. The van der Waals surface area contributed by atoms with Gasteiger partial charge >= 0.3 is 5.97 Å². The molecule has 0 atom stereocenters.